The zero-order valence-corrected chi connectivity index (χ0v) is 14.9. The zero-order chi connectivity index (χ0) is 18.2. The molecule has 1 atom stereocenters. The van der Waals surface area contributed by atoms with Gasteiger partial charge in [-0.1, -0.05) is 54.6 Å². The highest BCUT2D eigenvalue weighted by atomic mass is 16.3. The molecule has 27 heavy (non-hydrogen) atoms. The van der Waals surface area contributed by atoms with Crippen LogP contribution in [0.4, 0.5) is 0 Å². The number of rotatable bonds is 3. The molecule has 2 aromatic carbocycles. The van der Waals surface area contributed by atoms with Crippen LogP contribution in [0.3, 0.4) is 0 Å². The van der Waals surface area contributed by atoms with Gasteiger partial charge in [0.2, 0.25) is 5.78 Å². The van der Waals surface area contributed by atoms with Crippen LogP contribution >= 0.6 is 0 Å². The molecule has 0 aliphatic carbocycles. The first-order valence-electron chi connectivity index (χ1n) is 9.15. The Morgan fingerprint density at radius 1 is 1.00 bits per heavy atom. The van der Waals surface area contributed by atoms with Gasteiger partial charge in [0, 0.05) is 37.6 Å². The highest BCUT2D eigenvalue weighted by Gasteiger charge is 2.25. The van der Waals surface area contributed by atoms with E-state index >= 15 is 0 Å². The van der Waals surface area contributed by atoms with Gasteiger partial charge < -0.3 is 5.11 Å². The molecule has 1 N–H and O–H groups in total. The molecule has 5 rings (SSSR count). The van der Waals surface area contributed by atoms with Gasteiger partial charge in [-0.2, -0.15) is 0 Å². The smallest absolute Gasteiger partial charge is 0.234 e. The molecule has 0 saturated carbocycles. The normalized spacial score (nSPS) is 17.1. The van der Waals surface area contributed by atoms with E-state index < -0.39 is 6.10 Å². The van der Waals surface area contributed by atoms with Crippen molar-refractivity contribution in [2.75, 3.05) is 6.54 Å². The van der Waals surface area contributed by atoms with Crippen molar-refractivity contribution >= 4 is 5.78 Å². The van der Waals surface area contributed by atoms with Gasteiger partial charge in [-0.25, -0.2) is 9.97 Å². The number of aliphatic hydroxyl groups excluding tert-OH is 1. The fourth-order valence-corrected chi connectivity index (χ4v) is 3.90. The fourth-order valence-electron chi connectivity index (χ4n) is 3.90. The zero-order valence-electron chi connectivity index (χ0n) is 14.9. The minimum atomic E-state index is -0.465. The van der Waals surface area contributed by atoms with Crippen LogP contribution in [-0.4, -0.2) is 30.9 Å². The average Bonchev–Trinajstić information content (AvgIpc) is 3.07. The largest absolute Gasteiger partial charge is 0.387 e. The summed E-state index contributed by atoms with van der Waals surface area (Å²) >= 11 is 0. The van der Waals surface area contributed by atoms with Gasteiger partial charge >= 0.3 is 0 Å². The Morgan fingerprint density at radius 2 is 1.81 bits per heavy atom. The average molecular weight is 356 g/mol. The maximum absolute atomic E-state index is 10.6. The summed E-state index contributed by atoms with van der Waals surface area (Å²) in [6, 6.07) is 20.3. The molecule has 1 aliphatic heterocycles. The third-order valence-corrected chi connectivity index (χ3v) is 5.16. The Bertz CT molecular complexity index is 1090. The van der Waals surface area contributed by atoms with Crippen molar-refractivity contribution < 1.29 is 5.11 Å². The van der Waals surface area contributed by atoms with Gasteiger partial charge in [-0.3, -0.25) is 9.30 Å². The molecule has 5 heteroatoms. The van der Waals surface area contributed by atoms with E-state index in [2.05, 4.69) is 32.5 Å². The molecule has 3 heterocycles. The number of fused-ring (bicyclic) bond motifs is 2. The van der Waals surface area contributed by atoms with Crippen molar-refractivity contribution in [2.45, 2.75) is 19.2 Å². The summed E-state index contributed by atoms with van der Waals surface area (Å²) in [5.74, 6) is 0.698. The van der Waals surface area contributed by atoms with E-state index in [0.717, 1.165) is 29.1 Å². The molecule has 0 spiro atoms. The Labute approximate surface area is 157 Å². The first-order chi connectivity index (χ1) is 13.3. The van der Waals surface area contributed by atoms with Crippen molar-refractivity contribution in [1.29, 1.82) is 0 Å². The molecule has 0 bridgehead atoms. The van der Waals surface area contributed by atoms with Crippen molar-refractivity contribution in [3.8, 4) is 11.3 Å². The van der Waals surface area contributed by atoms with Crippen LogP contribution in [0.1, 0.15) is 22.9 Å². The van der Waals surface area contributed by atoms with Crippen LogP contribution < -0.4 is 0 Å². The lowest BCUT2D eigenvalue weighted by Gasteiger charge is -2.32. The molecular formula is C22H20N4O. The first kappa shape index (κ1) is 16.2. The minimum Gasteiger partial charge on any atom is -0.387 e. The quantitative estimate of drug-likeness (QED) is 0.611. The molecule has 0 saturated heterocycles. The summed E-state index contributed by atoms with van der Waals surface area (Å²) in [4.78, 5) is 11.5. The van der Waals surface area contributed by atoms with Crippen LogP contribution in [-0.2, 0) is 13.1 Å². The number of hydrogen-bond acceptors (Lipinski definition) is 4. The third kappa shape index (κ3) is 2.91. The molecule has 0 radical (unpaired) electrons. The van der Waals surface area contributed by atoms with Crippen molar-refractivity contribution in [1.82, 2.24) is 19.3 Å². The number of imidazole rings is 1. The summed E-state index contributed by atoms with van der Waals surface area (Å²) in [5.41, 5.74) is 5.34. The summed E-state index contributed by atoms with van der Waals surface area (Å²) < 4.78 is 2.05. The van der Waals surface area contributed by atoms with Crippen LogP contribution in [0.5, 0.6) is 0 Å². The molecule has 0 fully saturated rings. The molecule has 134 valence electrons. The van der Waals surface area contributed by atoms with E-state index in [-0.39, 0.29) is 0 Å². The molecule has 1 aliphatic rings. The lowest BCUT2D eigenvalue weighted by atomic mass is 9.97. The van der Waals surface area contributed by atoms with Crippen LogP contribution in [0.15, 0.2) is 73.1 Å². The topological polar surface area (TPSA) is 53.7 Å². The predicted molar refractivity (Wildman–Crippen MR) is 104 cm³/mol. The number of nitrogens with zero attached hydrogens (tertiary/aromatic N) is 4. The number of β-amino-alcohol motifs (C(OH)–C–C–N with tert-alkyl or cyclic N) is 1. The van der Waals surface area contributed by atoms with Gasteiger partial charge in [0.25, 0.3) is 0 Å². The number of hydrogen-bond donors (Lipinski definition) is 1. The molecular weight excluding hydrogens is 336 g/mol. The maximum Gasteiger partial charge on any atom is 0.234 e. The SMILES string of the molecule is O[C@@H]1CN(Cc2c(-c3ccccc3)nc3ncccn23)Cc2ccccc21. The van der Waals surface area contributed by atoms with Gasteiger partial charge in [-0.05, 0) is 17.2 Å². The second-order valence-electron chi connectivity index (χ2n) is 6.95. The minimum absolute atomic E-state index is 0.465. The summed E-state index contributed by atoms with van der Waals surface area (Å²) in [6.07, 6.45) is 3.31. The summed E-state index contributed by atoms with van der Waals surface area (Å²) in [6.45, 7) is 2.12. The van der Waals surface area contributed by atoms with Crippen LogP contribution in [0, 0.1) is 0 Å². The highest BCUT2D eigenvalue weighted by Crippen LogP contribution is 2.30. The molecule has 0 amide bonds. The van der Waals surface area contributed by atoms with E-state index in [0.29, 0.717) is 18.9 Å². The monoisotopic (exact) mass is 356 g/mol. The first-order valence-corrected chi connectivity index (χ1v) is 9.15. The fraction of sp³-hybridized carbons (Fsp3) is 0.182. The highest BCUT2D eigenvalue weighted by molar-refractivity contribution is 5.65. The standard InChI is InChI=1S/C22H20N4O/c27-20-15-25(13-17-9-4-5-10-18(17)20)14-19-21(16-7-2-1-3-8-16)24-22-23-11-6-12-26(19)22/h1-12,20,27H,13-15H2/t20-/m1/s1. The third-order valence-electron chi connectivity index (χ3n) is 5.16. The second-order valence-corrected chi connectivity index (χ2v) is 6.95. The second kappa shape index (κ2) is 6.61. The Hall–Kier alpha value is -3.02. The van der Waals surface area contributed by atoms with Gasteiger partial charge in [0.1, 0.15) is 0 Å². The van der Waals surface area contributed by atoms with E-state index in [1.807, 2.05) is 48.7 Å². The van der Waals surface area contributed by atoms with E-state index in [4.69, 9.17) is 4.98 Å². The van der Waals surface area contributed by atoms with Crippen LogP contribution in [0.2, 0.25) is 0 Å². The number of benzene rings is 2. The number of aromatic nitrogens is 3. The van der Waals surface area contributed by atoms with Gasteiger partial charge in [-0.15, -0.1) is 0 Å². The predicted octanol–water partition coefficient (Wildman–Crippen LogP) is 3.45. The van der Waals surface area contributed by atoms with E-state index in [1.54, 1.807) is 6.20 Å². The van der Waals surface area contributed by atoms with Gasteiger partial charge in [0.15, 0.2) is 0 Å². The molecule has 5 nitrogen and oxygen atoms in total. The van der Waals surface area contributed by atoms with Crippen molar-refractivity contribution in [3.05, 3.63) is 89.9 Å². The maximum atomic E-state index is 10.6. The Balaban J connectivity index is 1.56. The van der Waals surface area contributed by atoms with E-state index in [9.17, 15) is 5.11 Å². The van der Waals surface area contributed by atoms with Crippen LogP contribution in [0.25, 0.3) is 17.0 Å². The van der Waals surface area contributed by atoms with Gasteiger partial charge in [0.05, 0.1) is 17.5 Å². The van der Waals surface area contributed by atoms with E-state index in [1.165, 1.54) is 5.56 Å². The van der Waals surface area contributed by atoms with Crippen molar-refractivity contribution in [2.24, 2.45) is 0 Å². The molecule has 4 aromatic rings. The lowest BCUT2D eigenvalue weighted by molar-refractivity contribution is 0.0874. The molecule has 2 aromatic heterocycles. The molecule has 0 unspecified atom stereocenters. The van der Waals surface area contributed by atoms with Crippen molar-refractivity contribution in [3.63, 3.8) is 0 Å². The summed E-state index contributed by atoms with van der Waals surface area (Å²) in [5, 5.41) is 10.6. The lowest BCUT2D eigenvalue weighted by Crippen LogP contribution is -2.33. The Kier molecular flexibility index (Phi) is 3.96. The number of aliphatic hydroxyl groups is 1. The summed E-state index contributed by atoms with van der Waals surface area (Å²) in [7, 11) is 0. The Morgan fingerprint density at radius 3 is 2.70 bits per heavy atom.